The minimum Gasteiger partial charge on any atom is -0.353 e. The van der Waals surface area contributed by atoms with Gasteiger partial charge in [0.25, 0.3) is 0 Å². The maximum atomic E-state index is 12.5. The second-order valence-corrected chi connectivity index (χ2v) is 8.16. The molecular formula is C13H24N2O3S. The highest BCUT2D eigenvalue weighted by Crippen LogP contribution is 2.31. The summed E-state index contributed by atoms with van der Waals surface area (Å²) in [5.74, 6) is 0.525. The van der Waals surface area contributed by atoms with E-state index in [4.69, 9.17) is 0 Å². The lowest BCUT2D eigenvalue weighted by molar-refractivity contribution is -0.131. The minimum atomic E-state index is -2.86. The lowest BCUT2D eigenvalue weighted by Gasteiger charge is -2.31. The van der Waals surface area contributed by atoms with Gasteiger partial charge in [-0.3, -0.25) is 4.79 Å². The van der Waals surface area contributed by atoms with E-state index in [1.165, 1.54) is 0 Å². The van der Waals surface area contributed by atoms with Gasteiger partial charge < -0.3 is 10.6 Å². The van der Waals surface area contributed by atoms with Crippen LogP contribution in [-0.4, -0.2) is 45.0 Å². The number of carbonyl (C=O) groups excluding carboxylic acids is 1. The van der Waals surface area contributed by atoms with Crippen LogP contribution in [0.3, 0.4) is 0 Å². The number of amides is 1. The van der Waals surface area contributed by atoms with Crippen molar-refractivity contribution in [1.29, 1.82) is 0 Å². The van der Waals surface area contributed by atoms with Crippen molar-refractivity contribution in [2.75, 3.05) is 24.6 Å². The number of sulfone groups is 1. The summed E-state index contributed by atoms with van der Waals surface area (Å²) in [4.78, 5) is 12.5. The monoisotopic (exact) mass is 288 g/mol. The number of hydrogen-bond donors (Lipinski definition) is 2. The highest BCUT2D eigenvalue weighted by molar-refractivity contribution is 7.91. The molecule has 6 heteroatoms. The van der Waals surface area contributed by atoms with Crippen molar-refractivity contribution in [2.45, 2.75) is 45.1 Å². The maximum absolute atomic E-state index is 12.5. The van der Waals surface area contributed by atoms with Crippen LogP contribution in [0.5, 0.6) is 0 Å². The molecule has 1 atom stereocenters. The van der Waals surface area contributed by atoms with E-state index in [1.807, 2.05) is 0 Å². The van der Waals surface area contributed by atoms with E-state index in [0.29, 0.717) is 12.8 Å². The number of hydrogen-bond acceptors (Lipinski definition) is 4. The molecule has 2 fully saturated rings. The Morgan fingerprint density at radius 2 is 2.05 bits per heavy atom. The highest BCUT2D eigenvalue weighted by Gasteiger charge is 2.41. The summed E-state index contributed by atoms with van der Waals surface area (Å²) in [6.07, 6.45) is 3.90. The summed E-state index contributed by atoms with van der Waals surface area (Å²) in [6.45, 7) is 3.74. The van der Waals surface area contributed by atoms with Crippen molar-refractivity contribution in [3.63, 3.8) is 0 Å². The maximum Gasteiger partial charge on any atom is 0.227 e. The standard InChI is InChI=1S/C13H24N2O3S/c1-2-5-13(6-7-14-10-13)12(16)15-11-3-8-19(17,18)9-4-11/h11,14H,2-10H2,1H3,(H,15,16). The van der Waals surface area contributed by atoms with Crippen LogP contribution in [0.15, 0.2) is 0 Å². The van der Waals surface area contributed by atoms with Crippen molar-refractivity contribution in [2.24, 2.45) is 5.41 Å². The Morgan fingerprint density at radius 1 is 1.37 bits per heavy atom. The fourth-order valence-corrected chi connectivity index (χ4v) is 4.61. The van der Waals surface area contributed by atoms with E-state index in [1.54, 1.807) is 0 Å². The highest BCUT2D eigenvalue weighted by atomic mass is 32.2. The Hall–Kier alpha value is -0.620. The first kappa shape index (κ1) is 14.8. The van der Waals surface area contributed by atoms with E-state index >= 15 is 0 Å². The van der Waals surface area contributed by atoms with E-state index < -0.39 is 9.84 Å². The molecule has 0 spiro atoms. The lowest BCUT2D eigenvalue weighted by Crippen LogP contribution is -2.49. The van der Waals surface area contributed by atoms with Crippen LogP contribution < -0.4 is 10.6 Å². The number of rotatable bonds is 4. The Kier molecular flexibility index (Phi) is 4.50. The summed E-state index contributed by atoms with van der Waals surface area (Å²) >= 11 is 0. The molecule has 2 aliphatic heterocycles. The van der Waals surface area contributed by atoms with Crippen LogP contribution >= 0.6 is 0 Å². The van der Waals surface area contributed by atoms with Crippen LogP contribution in [0.4, 0.5) is 0 Å². The summed E-state index contributed by atoms with van der Waals surface area (Å²) in [7, 11) is -2.86. The van der Waals surface area contributed by atoms with Crippen LogP contribution in [0.1, 0.15) is 39.0 Å². The molecule has 110 valence electrons. The van der Waals surface area contributed by atoms with Gasteiger partial charge in [0, 0.05) is 12.6 Å². The third-order valence-electron chi connectivity index (χ3n) is 4.34. The molecule has 2 saturated heterocycles. The van der Waals surface area contributed by atoms with E-state index in [9.17, 15) is 13.2 Å². The largest absolute Gasteiger partial charge is 0.353 e. The van der Waals surface area contributed by atoms with Crippen molar-refractivity contribution in [3.8, 4) is 0 Å². The predicted octanol–water partition coefficient (Wildman–Crippen LogP) is 0.460. The second-order valence-electron chi connectivity index (χ2n) is 5.86. The molecule has 0 aromatic carbocycles. The number of nitrogens with one attached hydrogen (secondary N) is 2. The molecular weight excluding hydrogens is 264 g/mol. The number of carbonyl (C=O) groups is 1. The van der Waals surface area contributed by atoms with Gasteiger partial charge in [-0.15, -0.1) is 0 Å². The van der Waals surface area contributed by atoms with E-state index in [2.05, 4.69) is 17.6 Å². The van der Waals surface area contributed by atoms with Crippen molar-refractivity contribution < 1.29 is 13.2 Å². The third kappa shape index (κ3) is 3.48. The first-order valence-corrected chi connectivity index (χ1v) is 9.02. The van der Waals surface area contributed by atoms with E-state index in [0.717, 1.165) is 32.4 Å². The molecule has 0 aliphatic carbocycles. The minimum absolute atomic E-state index is 0.0327. The van der Waals surface area contributed by atoms with Gasteiger partial charge in [0.05, 0.1) is 16.9 Å². The average molecular weight is 288 g/mol. The van der Waals surface area contributed by atoms with Gasteiger partial charge in [-0.1, -0.05) is 13.3 Å². The molecule has 0 aromatic rings. The van der Waals surface area contributed by atoms with Gasteiger partial charge in [-0.25, -0.2) is 8.42 Å². The first-order valence-electron chi connectivity index (χ1n) is 7.19. The van der Waals surface area contributed by atoms with Crippen molar-refractivity contribution >= 4 is 15.7 Å². The summed E-state index contributed by atoms with van der Waals surface area (Å²) in [5, 5.41) is 6.35. The zero-order chi connectivity index (χ0) is 13.9. The summed E-state index contributed by atoms with van der Waals surface area (Å²) < 4.78 is 22.8. The summed E-state index contributed by atoms with van der Waals surface area (Å²) in [6, 6.07) is 0.0327. The Bertz CT molecular complexity index is 413. The molecule has 5 nitrogen and oxygen atoms in total. The van der Waals surface area contributed by atoms with Gasteiger partial charge in [0.1, 0.15) is 9.84 Å². The normalized spacial score (nSPS) is 31.2. The molecule has 0 radical (unpaired) electrons. The molecule has 2 N–H and O–H groups in total. The quantitative estimate of drug-likeness (QED) is 0.788. The average Bonchev–Trinajstić information content (AvgIpc) is 2.82. The fourth-order valence-electron chi connectivity index (χ4n) is 3.12. The predicted molar refractivity (Wildman–Crippen MR) is 74.6 cm³/mol. The zero-order valence-electron chi connectivity index (χ0n) is 11.6. The van der Waals surface area contributed by atoms with E-state index in [-0.39, 0.29) is 28.9 Å². The van der Waals surface area contributed by atoms with Crippen molar-refractivity contribution in [3.05, 3.63) is 0 Å². The molecule has 2 rings (SSSR count). The third-order valence-corrected chi connectivity index (χ3v) is 6.06. The molecule has 19 heavy (non-hydrogen) atoms. The molecule has 2 aliphatic rings. The van der Waals surface area contributed by atoms with Gasteiger partial charge in [0.2, 0.25) is 5.91 Å². The molecule has 1 unspecified atom stereocenters. The molecule has 2 heterocycles. The smallest absolute Gasteiger partial charge is 0.227 e. The van der Waals surface area contributed by atoms with Crippen molar-refractivity contribution in [1.82, 2.24) is 10.6 Å². The lowest BCUT2D eigenvalue weighted by atomic mass is 9.81. The Morgan fingerprint density at radius 3 is 2.58 bits per heavy atom. The SMILES string of the molecule is CCCC1(C(=O)NC2CCS(=O)(=O)CC2)CCNC1. The van der Waals surface area contributed by atoms with Crippen LogP contribution in [0.25, 0.3) is 0 Å². The van der Waals surface area contributed by atoms with Gasteiger partial charge in [-0.05, 0) is 32.2 Å². The van der Waals surface area contributed by atoms with Gasteiger partial charge in [0.15, 0.2) is 0 Å². The fraction of sp³-hybridized carbons (Fsp3) is 0.923. The topological polar surface area (TPSA) is 75.3 Å². The summed E-state index contributed by atoms with van der Waals surface area (Å²) in [5.41, 5.74) is -0.273. The van der Waals surface area contributed by atoms with Gasteiger partial charge in [-0.2, -0.15) is 0 Å². The Balaban J connectivity index is 1.93. The molecule has 0 bridgehead atoms. The van der Waals surface area contributed by atoms with Gasteiger partial charge >= 0.3 is 0 Å². The van der Waals surface area contributed by atoms with Crippen LogP contribution in [0, 0.1) is 5.41 Å². The van der Waals surface area contributed by atoms with Crippen LogP contribution in [0.2, 0.25) is 0 Å². The molecule has 0 aromatic heterocycles. The first-order chi connectivity index (χ1) is 8.97. The molecule has 0 saturated carbocycles. The zero-order valence-corrected chi connectivity index (χ0v) is 12.4. The van der Waals surface area contributed by atoms with Crippen LogP contribution in [-0.2, 0) is 14.6 Å². The Labute approximate surface area is 115 Å². The second kappa shape index (κ2) is 5.79. The molecule has 1 amide bonds.